The molecule has 10 nitrogen and oxygen atoms in total. The van der Waals surface area contributed by atoms with Gasteiger partial charge in [0, 0.05) is 44.3 Å². The Morgan fingerprint density at radius 2 is 1.53 bits per heavy atom. The molecule has 1 aromatic heterocycles. The molecule has 1 amide bonds. The Hall–Kier alpha value is -4.57. The lowest BCUT2D eigenvalue weighted by atomic mass is 10.0. The zero-order valence-electron chi connectivity index (χ0n) is 19.6. The number of nitrogens with zero attached hydrogens (tertiary/aromatic N) is 4. The molecule has 1 saturated heterocycles. The summed E-state index contributed by atoms with van der Waals surface area (Å²) in [5, 5.41) is 3.17. The monoisotopic (exact) mass is 484 g/mol. The van der Waals surface area contributed by atoms with Crippen molar-refractivity contribution in [2.75, 3.05) is 48.4 Å². The van der Waals surface area contributed by atoms with Gasteiger partial charge in [0.2, 0.25) is 5.95 Å². The molecule has 1 aliphatic rings. The van der Waals surface area contributed by atoms with Gasteiger partial charge in [-0.2, -0.15) is 0 Å². The van der Waals surface area contributed by atoms with E-state index in [2.05, 4.69) is 25.6 Å². The molecule has 10 heteroatoms. The summed E-state index contributed by atoms with van der Waals surface area (Å²) in [4.78, 5) is 53.7. The topological polar surface area (TPSA) is 117 Å². The minimum atomic E-state index is -0.509. The van der Waals surface area contributed by atoms with Crippen LogP contribution in [-0.2, 0) is 4.84 Å². The third kappa shape index (κ3) is 4.53. The fourth-order valence-corrected chi connectivity index (χ4v) is 4.23. The molecule has 1 fully saturated rings. The fourth-order valence-electron chi connectivity index (χ4n) is 4.23. The van der Waals surface area contributed by atoms with E-state index in [1.165, 1.54) is 19.5 Å². The van der Waals surface area contributed by atoms with E-state index in [-0.39, 0.29) is 5.56 Å². The zero-order valence-corrected chi connectivity index (χ0v) is 19.6. The molecular formula is C26H24N6O4. The Labute approximate surface area is 206 Å². The van der Waals surface area contributed by atoms with Crippen LogP contribution in [-0.4, -0.2) is 49.2 Å². The van der Waals surface area contributed by atoms with Gasteiger partial charge in [-0.05, 0) is 23.3 Å². The Morgan fingerprint density at radius 3 is 2.22 bits per heavy atom. The predicted molar refractivity (Wildman–Crippen MR) is 137 cm³/mol. The highest BCUT2D eigenvalue weighted by Gasteiger charge is 2.29. The molecule has 0 unspecified atom stereocenters. The largest absolute Gasteiger partial charge is 0.363 e. The second-order valence-corrected chi connectivity index (χ2v) is 8.33. The van der Waals surface area contributed by atoms with Crippen molar-refractivity contribution in [3.8, 4) is 11.1 Å². The van der Waals surface area contributed by atoms with Crippen LogP contribution in [0.5, 0.6) is 0 Å². The minimum absolute atomic E-state index is 0.287. The van der Waals surface area contributed by atoms with Crippen molar-refractivity contribution in [3.05, 3.63) is 93.0 Å². The van der Waals surface area contributed by atoms with Crippen LogP contribution in [0.3, 0.4) is 0 Å². The number of piperazine rings is 1. The number of nitrogens with one attached hydrogen (secondary N) is 2. The molecule has 0 radical (unpaired) electrons. The van der Waals surface area contributed by atoms with E-state index in [9.17, 15) is 14.4 Å². The maximum Gasteiger partial charge on any atom is 0.277 e. The summed E-state index contributed by atoms with van der Waals surface area (Å²) in [5.41, 5.74) is 5.09. The lowest BCUT2D eigenvalue weighted by Gasteiger charge is -2.37. The lowest BCUT2D eigenvalue weighted by Crippen LogP contribution is -2.51. The van der Waals surface area contributed by atoms with Crippen molar-refractivity contribution in [2.24, 2.45) is 0 Å². The smallest absolute Gasteiger partial charge is 0.277 e. The summed E-state index contributed by atoms with van der Waals surface area (Å²) in [7, 11) is 1.35. The van der Waals surface area contributed by atoms with Crippen LogP contribution >= 0.6 is 0 Å². The highest BCUT2D eigenvalue weighted by atomic mass is 16.6. The number of carbonyl (C=O) groups excluding carboxylic acids is 1. The molecule has 0 atom stereocenters. The van der Waals surface area contributed by atoms with Gasteiger partial charge in [0.15, 0.2) is 0 Å². The van der Waals surface area contributed by atoms with E-state index in [4.69, 9.17) is 0 Å². The third-order valence-corrected chi connectivity index (χ3v) is 6.10. The van der Waals surface area contributed by atoms with Gasteiger partial charge in [-0.1, -0.05) is 42.5 Å². The number of anilines is 4. The molecule has 1 aliphatic heterocycles. The third-order valence-electron chi connectivity index (χ3n) is 6.10. The summed E-state index contributed by atoms with van der Waals surface area (Å²) in [6, 6.07) is 17.7. The molecule has 0 bridgehead atoms. The molecule has 2 heterocycles. The molecule has 0 spiro atoms. The van der Waals surface area contributed by atoms with Crippen LogP contribution in [0.1, 0.15) is 10.4 Å². The molecule has 0 saturated carbocycles. The standard InChI is InChI=1S/C26H24N6O4/c1-36-30-25(35)19-15-27-26(28-16-19)32-12-10-31(11-13-32)22-21(23(33)24(22)34)29-20-9-5-8-18(14-20)17-6-3-2-4-7-17/h2-9,14-16,29H,10-13H2,1H3,(H,30,35). The highest BCUT2D eigenvalue weighted by molar-refractivity contribution is 5.92. The first-order chi connectivity index (χ1) is 17.5. The summed E-state index contributed by atoms with van der Waals surface area (Å²) in [5.74, 6) is 0.0630. The van der Waals surface area contributed by atoms with Gasteiger partial charge >= 0.3 is 0 Å². The summed E-state index contributed by atoms with van der Waals surface area (Å²) in [6.45, 7) is 2.18. The molecular weight excluding hydrogens is 460 g/mol. The number of hydrogen-bond acceptors (Lipinski definition) is 9. The van der Waals surface area contributed by atoms with Crippen LogP contribution in [0.25, 0.3) is 11.1 Å². The van der Waals surface area contributed by atoms with Crippen molar-refractivity contribution in [1.29, 1.82) is 0 Å². The highest BCUT2D eigenvalue weighted by Crippen LogP contribution is 2.28. The second kappa shape index (κ2) is 9.96. The van der Waals surface area contributed by atoms with Crippen LogP contribution in [0.15, 0.2) is 76.6 Å². The minimum Gasteiger partial charge on any atom is -0.363 e. The van der Waals surface area contributed by atoms with Gasteiger partial charge in [-0.3, -0.25) is 19.2 Å². The van der Waals surface area contributed by atoms with E-state index >= 15 is 0 Å². The van der Waals surface area contributed by atoms with Crippen LogP contribution in [0.4, 0.5) is 23.0 Å². The number of rotatable bonds is 7. The first-order valence-corrected chi connectivity index (χ1v) is 11.5. The molecule has 0 aliphatic carbocycles. The lowest BCUT2D eigenvalue weighted by molar-refractivity contribution is 0.0537. The average molecular weight is 485 g/mol. The maximum absolute atomic E-state index is 12.5. The van der Waals surface area contributed by atoms with E-state index in [0.717, 1.165) is 16.8 Å². The van der Waals surface area contributed by atoms with Gasteiger partial charge < -0.3 is 15.1 Å². The second-order valence-electron chi connectivity index (χ2n) is 8.33. The van der Waals surface area contributed by atoms with E-state index in [1.807, 2.05) is 64.4 Å². The van der Waals surface area contributed by atoms with Crippen molar-refractivity contribution in [2.45, 2.75) is 0 Å². The molecule has 3 aromatic carbocycles. The average Bonchev–Trinajstić information content (AvgIpc) is 2.94. The predicted octanol–water partition coefficient (Wildman–Crippen LogP) is 2.10. The number of aromatic nitrogens is 2. The van der Waals surface area contributed by atoms with E-state index < -0.39 is 16.8 Å². The number of amides is 1. The van der Waals surface area contributed by atoms with Crippen molar-refractivity contribution in [1.82, 2.24) is 15.4 Å². The quantitative estimate of drug-likeness (QED) is 0.300. The Balaban J connectivity index is 1.27. The van der Waals surface area contributed by atoms with Crippen LogP contribution in [0.2, 0.25) is 0 Å². The molecule has 182 valence electrons. The van der Waals surface area contributed by atoms with Crippen LogP contribution < -0.4 is 31.5 Å². The van der Waals surface area contributed by atoms with Gasteiger partial charge in [0.25, 0.3) is 16.8 Å². The van der Waals surface area contributed by atoms with Gasteiger partial charge in [0.1, 0.15) is 11.4 Å². The molecule has 4 aromatic rings. The van der Waals surface area contributed by atoms with Crippen molar-refractivity contribution < 1.29 is 9.63 Å². The summed E-state index contributed by atoms with van der Waals surface area (Å²) >= 11 is 0. The number of hydroxylamine groups is 1. The Kier molecular flexibility index (Phi) is 6.42. The first kappa shape index (κ1) is 23.2. The first-order valence-electron chi connectivity index (χ1n) is 11.5. The maximum atomic E-state index is 12.5. The Morgan fingerprint density at radius 1 is 0.861 bits per heavy atom. The normalized spacial score (nSPS) is 13.6. The number of benzene rings is 2. The van der Waals surface area contributed by atoms with Crippen molar-refractivity contribution >= 4 is 28.9 Å². The zero-order chi connectivity index (χ0) is 25.1. The van der Waals surface area contributed by atoms with Crippen molar-refractivity contribution in [3.63, 3.8) is 0 Å². The van der Waals surface area contributed by atoms with E-state index in [0.29, 0.717) is 43.5 Å². The van der Waals surface area contributed by atoms with Crippen LogP contribution in [0, 0.1) is 0 Å². The summed E-state index contributed by atoms with van der Waals surface area (Å²) < 4.78 is 0. The van der Waals surface area contributed by atoms with E-state index in [1.54, 1.807) is 0 Å². The fraction of sp³-hybridized carbons (Fsp3) is 0.192. The number of carbonyl (C=O) groups is 1. The van der Waals surface area contributed by atoms with Gasteiger partial charge in [-0.15, -0.1) is 0 Å². The molecule has 36 heavy (non-hydrogen) atoms. The van der Waals surface area contributed by atoms with Gasteiger partial charge in [0.05, 0.1) is 12.7 Å². The van der Waals surface area contributed by atoms with Gasteiger partial charge in [-0.25, -0.2) is 15.4 Å². The summed E-state index contributed by atoms with van der Waals surface area (Å²) in [6.07, 6.45) is 2.87. The molecule has 5 rings (SSSR count). The SMILES string of the molecule is CONC(=O)c1cnc(N2CCN(c3c(Nc4cccc(-c5ccccc5)c4)c(=O)c3=O)CC2)nc1. The Bertz CT molecular complexity index is 1440. The number of hydrogen-bond donors (Lipinski definition) is 2. The molecule has 2 N–H and O–H groups in total.